The minimum Gasteiger partial charge on any atom is -0.463 e. The topological polar surface area (TPSA) is 292 Å². The van der Waals surface area contributed by atoms with Gasteiger partial charge < -0.3 is 72.6 Å². The van der Waals surface area contributed by atoms with Gasteiger partial charge in [0.25, 0.3) is 0 Å². The Hall–Kier alpha value is -4.84. The second-order valence-electron chi connectivity index (χ2n) is 14.3. The molecule has 0 aliphatic carbocycles. The molecule has 2 fully saturated rings. The third kappa shape index (κ3) is 23.4. The van der Waals surface area contributed by atoms with Crippen molar-refractivity contribution in [2.75, 3.05) is 52.7 Å². The summed E-state index contributed by atoms with van der Waals surface area (Å²) in [4.78, 5) is 93.5. The van der Waals surface area contributed by atoms with E-state index in [-0.39, 0.29) is 52.4 Å². The molecule has 0 aromatic heterocycles. The highest BCUT2D eigenvalue weighted by Crippen LogP contribution is 2.28. The van der Waals surface area contributed by atoms with E-state index in [0.717, 1.165) is 0 Å². The molecule has 0 saturated carbocycles. The van der Waals surface area contributed by atoms with E-state index in [2.05, 4.69) is 10.6 Å². The van der Waals surface area contributed by atoms with Crippen molar-refractivity contribution in [1.29, 1.82) is 0 Å². The van der Waals surface area contributed by atoms with Crippen molar-refractivity contribution in [3.63, 3.8) is 0 Å². The molecule has 2 saturated heterocycles. The molecule has 2 amide bonds. The van der Waals surface area contributed by atoms with Gasteiger partial charge in [-0.25, -0.2) is 9.59 Å². The molecule has 2 aliphatic rings. The van der Waals surface area contributed by atoms with E-state index in [1.807, 2.05) is 0 Å². The van der Waals surface area contributed by atoms with Gasteiger partial charge in [0.1, 0.15) is 56.9 Å². The summed E-state index contributed by atoms with van der Waals surface area (Å²) in [7, 11) is 0. The Morgan fingerprint density at radius 2 is 0.887 bits per heavy atom. The molecule has 0 unspecified atom stereocenters. The minimum absolute atomic E-state index is 0.0793. The Morgan fingerprint density at radius 1 is 0.516 bits per heavy atom. The number of rotatable bonds is 26. The van der Waals surface area contributed by atoms with Crippen LogP contribution in [-0.4, -0.2) is 161 Å². The van der Waals surface area contributed by atoms with Crippen molar-refractivity contribution >= 4 is 48.0 Å². The molecule has 23 heteroatoms. The zero-order valence-electron chi connectivity index (χ0n) is 36.1. The van der Waals surface area contributed by atoms with E-state index in [1.54, 1.807) is 0 Å². The maximum atomic E-state index is 12.0. The Morgan fingerprint density at radius 3 is 1.23 bits per heavy atom. The summed E-state index contributed by atoms with van der Waals surface area (Å²) < 4.78 is 64.6. The van der Waals surface area contributed by atoms with Crippen LogP contribution in [0.4, 0.5) is 9.59 Å². The normalized spacial score (nSPS) is 23.2. The lowest BCUT2D eigenvalue weighted by Crippen LogP contribution is -2.54. The number of aliphatic hydroxyl groups is 1. The molecule has 3 N–H and O–H groups in total. The summed E-state index contributed by atoms with van der Waals surface area (Å²) in [5.41, 5.74) is 0. The molecule has 354 valence electrons. The molecule has 62 heavy (non-hydrogen) atoms. The van der Waals surface area contributed by atoms with Crippen molar-refractivity contribution < 1.29 is 100 Å². The monoisotopic (exact) mass is 894 g/mol. The number of unbranched alkanes of at least 4 members (excludes halogenated alkanes) is 4. The Labute approximate surface area is 359 Å². The first-order chi connectivity index (χ1) is 29.4. The highest BCUT2D eigenvalue weighted by atomic mass is 16.7. The summed E-state index contributed by atoms with van der Waals surface area (Å²) in [6, 6.07) is 0. The number of amides is 2. The lowest BCUT2D eigenvalue weighted by molar-refractivity contribution is -0.266. The fraction of sp³-hybridized carbons (Fsp3) is 0.795. The predicted molar refractivity (Wildman–Crippen MR) is 206 cm³/mol. The minimum atomic E-state index is -1.26. The van der Waals surface area contributed by atoms with Crippen LogP contribution in [0.15, 0.2) is 0 Å². The SMILES string of the molecule is CC(=O)OC[C@H]1O[C@@H](OCCCCCNC(=O)OCC(O)COC(=O)NCCCCCO[C@H]2C[C@@H](OC(C)=O)[C@@H](OC(C)=O)[C@@H](COC(C)=O)O2)C[C@@H](OC(C)=O)[C@H]1OC(C)=O. The number of esters is 6. The molecule has 8 atom stereocenters. The van der Waals surface area contributed by atoms with Crippen LogP contribution in [0.3, 0.4) is 0 Å². The van der Waals surface area contributed by atoms with Gasteiger partial charge in [0, 0.05) is 80.7 Å². The molecule has 23 nitrogen and oxygen atoms in total. The van der Waals surface area contributed by atoms with Crippen LogP contribution >= 0.6 is 0 Å². The second kappa shape index (κ2) is 29.5. The van der Waals surface area contributed by atoms with Gasteiger partial charge in [-0.1, -0.05) is 0 Å². The largest absolute Gasteiger partial charge is 0.463 e. The number of alkyl carbamates (subject to hydrolysis) is 2. The van der Waals surface area contributed by atoms with E-state index in [9.17, 15) is 43.5 Å². The van der Waals surface area contributed by atoms with Gasteiger partial charge in [-0.05, 0) is 38.5 Å². The smallest absolute Gasteiger partial charge is 0.407 e. The third-order valence-electron chi connectivity index (χ3n) is 8.71. The summed E-state index contributed by atoms with van der Waals surface area (Å²) in [6.07, 6.45) is -6.39. The molecule has 2 heterocycles. The number of carbonyl (C=O) groups is 8. The van der Waals surface area contributed by atoms with Gasteiger partial charge in [-0.2, -0.15) is 0 Å². The van der Waals surface area contributed by atoms with Gasteiger partial charge in [0.05, 0.1) is 0 Å². The van der Waals surface area contributed by atoms with Crippen LogP contribution in [-0.2, 0) is 85.6 Å². The van der Waals surface area contributed by atoms with Gasteiger partial charge >= 0.3 is 48.0 Å². The molecule has 0 spiro atoms. The maximum Gasteiger partial charge on any atom is 0.407 e. The number of nitrogens with one attached hydrogen (secondary N) is 2. The lowest BCUT2D eigenvalue weighted by Gasteiger charge is -2.39. The molecule has 0 aromatic rings. The first-order valence-electron chi connectivity index (χ1n) is 20.4. The highest BCUT2D eigenvalue weighted by Gasteiger charge is 2.45. The fourth-order valence-electron chi connectivity index (χ4n) is 6.12. The maximum absolute atomic E-state index is 12.0. The van der Waals surface area contributed by atoms with Crippen LogP contribution in [0.2, 0.25) is 0 Å². The Kier molecular flexibility index (Phi) is 25.3. The zero-order chi connectivity index (χ0) is 46.0. The number of hydrogen-bond donors (Lipinski definition) is 3. The number of ether oxygens (including phenoxy) is 12. The van der Waals surface area contributed by atoms with Crippen molar-refractivity contribution in [2.45, 2.75) is 148 Å². The number of aliphatic hydroxyl groups excluding tert-OH is 1. The lowest BCUT2D eigenvalue weighted by atomic mass is 10.0. The summed E-state index contributed by atoms with van der Waals surface area (Å²) in [5, 5.41) is 15.2. The fourth-order valence-corrected chi connectivity index (χ4v) is 6.12. The molecule has 0 aromatic carbocycles. The number of carbonyl (C=O) groups excluding carboxylic acids is 8. The van der Waals surface area contributed by atoms with Gasteiger partial charge in [-0.15, -0.1) is 0 Å². The average molecular weight is 895 g/mol. The van der Waals surface area contributed by atoms with E-state index in [1.165, 1.54) is 41.5 Å². The van der Waals surface area contributed by atoms with E-state index in [4.69, 9.17) is 56.8 Å². The average Bonchev–Trinajstić information content (AvgIpc) is 3.18. The summed E-state index contributed by atoms with van der Waals surface area (Å²) in [5.74, 6) is -3.58. The van der Waals surface area contributed by atoms with Crippen molar-refractivity contribution in [2.24, 2.45) is 0 Å². The van der Waals surface area contributed by atoms with Crippen LogP contribution in [0.25, 0.3) is 0 Å². The van der Waals surface area contributed by atoms with Crippen LogP contribution in [0.5, 0.6) is 0 Å². The Bertz CT molecular complexity index is 1340. The first-order valence-corrected chi connectivity index (χ1v) is 20.4. The van der Waals surface area contributed by atoms with Crippen molar-refractivity contribution in [3.8, 4) is 0 Å². The summed E-state index contributed by atoms with van der Waals surface area (Å²) in [6.45, 7) is 6.96. The molecular formula is C39H62N2O21. The van der Waals surface area contributed by atoms with Gasteiger partial charge in [0.15, 0.2) is 24.8 Å². The molecule has 0 radical (unpaired) electrons. The number of hydrogen-bond acceptors (Lipinski definition) is 21. The first kappa shape index (κ1) is 53.3. The predicted octanol–water partition coefficient (Wildman–Crippen LogP) is 1.26. The van der Waals surface area contributed by atoms with Crippen LogP contribution in [0.1, 0.15) is 92.9 Å². The molecule has 0 bridgehead atoms. The van der Waals surface area contributed by atoms with E-state index < -0.39 is 117 Å². The van der Waals surface area contributed by atoms with Crippen LogP contribution in [0, 0.1) is 0 Å². The van der Waals surface area contributed by atoms with Gasteiger partial charge in [0.2, 0.25) is 0 Å². The molecule has 2 rings (SSSR count). The Balaban J connectivity index is 1.56. The van der Waals surface area contributed by atoms with Crippen molar-refractivity contribution in [3.05, 3.63) is 0 Å². The zero-order valence-corrected chi connectivity index (χ0v) is 36.1. The summed E-state index contributed by atoms with van der Waals surface area (Å²) >= 11 is 0. The molecule has 2 aliphatic heterocycles. The van der Waals surface area contributed by atoms with E-state index in [0.29, 0.717) is 38.5 Å². The van der Waals surface area contributed by atoms with Gasteiger partial charge in [-0.3, -0.25) is 28.8 Å². The van der Waals surface area contributed by atoms with Crippen LogP contribution < -0.4 is 10.6 Å². The second-order valence-corrected chi connectivity index (χ2v) is 14.3. The van der Waals surface area contributed by atoms with E-state index >= 15 is 0 Å². The highest BCUT2D eigenvalue weighted by molar-refractivity contribution is 5.69. The molecular weight excluding hydrogens is 832 g/mol. The van der Waals surface area contributed by atoms with Crippen molar-refractivity contribution in [1.82, 2.24) is 10.6 Å². The quantitative estimate of drug-likeness (QED) is 0.0625. The third-order valence-corrected chi connectivity index (χ3v) is 8.71. The standard InChI is InChI=1S/C39H62N2O21/c1-23(42)53-21-32-36(59-27(5)46)30(57-25(3)44)17-34(61-32)51-15-11-7-9-13-40-38(49)55-19-29(48)20-56-39(50)41-14-10-8-12-16-52-35-18-31(58-26(4)45)37(60-28(6)47)33(62-35)22-54-24(2)43/h29-37,48H,7-22H2,1-6H3,(H,40,49)(H,41,50)/t30-,31-,32-,33-,34-,35-,36-,37-/m1/s1.